The van der Waals surface area contributed by atoms with Crippen molar-refractivity contribution < 1.29 is 59.4 Å². The van der Waals surface area contributed by atoms with Crippen molar-refractivity contribution in [2.24, 2.45) is 34.4 Å². The fourth-order valence-corrected chi connectivity index (χ4v) is 1.34. The molecule has 0 saturated carbocycles. The number of hydrogen-bond donors (Lipinski definition) is 13. The van der Waals surface area contributed by atoms with Crippen LogP contribution in [0, 0.1) is 0 Å². The maximum atomic E-state index is 10.3. The number of primary amides is 1. The van der Waals surface area contributed by atoms with E-state index in [0.29, 0.717) is 5.69 Å². The number of aromatic nitrogens is 2. The molecular formula is C20H40N8O12. The number of aliphatic hydroxyl groups excluding tert-OH is 1. The van der Waals surface area contributed by atoms with Gasteiger partial charge in [0, 0.05) is 19.0 Å². The Morgan fingerprint density at radius 3 is 1.48 bits per heavy atom. The first-order chi connectivity index (χ1) is 18.2. The number of imidazole rings is 1. The third-order valence-corrected chi connectivity index (χ3v) is 3.69. The first-order valence-electron chi connectivity index (χ1n) is 11.0. The van der Waals surface area contributed by atoms with Gasteiger partial charge >= 0.3 is 29.8 Å². The number of aliphatic carboxylic acids is 5. The summed E-state index contributed by atoms with van der Waals surface area (Å²) in [5.41, 5.74) is 30.0. The van der Waals surface area contributed by atoms with Gasteiger partial charge in [-0.15, -0.1) is 0 Å². The van der Waals surface area contributed by atoms with Gasteiger partial charge in [0.25, 0.3) is 0 Å². The summed E-state index contributed by atoms with van der Waals surface area (Å²) in [6.07, 6.45) is 2.52. The molecule has 0 fully saturated rings. The largest absolute Gasteiger partial charge is 0.480 e. The summed E-state index contributed by atoms with van der Waals surface area (Å²) in [6, 6.07) is -3.73. The van der Waals surface area contributed by atoms with Gasteiger partial charge in [0.05, 0.1) is 24.7 Å². The van der Waals surface area contributed by atoms with Crippen LogP contribution in [0.15, 0.2) is 12.5 Å². The van der Waals surface area contributed by atoms with Crippen molar-refractivity contribution in [1.29, 1.82) is 0 Å². The van der Waals surface area contributed by atoms with Crippen LogP contribution in [-0.4, -0.2) is 113 Å². The number of carbonyl (C=O) groups is 6. The van der Waals surface area contributed by atoms with E-state index < -0.39 is 66.0 Å². The fraction of sp³-hybridized carbons (Fsp3) is 0.550. The molecule has 20 heteroatoms. The highest BCUT2D eigenvalue weighted by Crippen LogP contribution is 1.95. The zero-order chi connectivity index (χ0) is 32.6. The Morgan fingerprint density at radius 1 is 0.850 bits per heavy atom. The van der Waals surface area contributed by atoms with Gasteiger partial charge in [-0.25, -0.2) is 4.98 Å². The number of aromatic amines is 1. The summed E-state index contributed by atoms with van der Waals surface area (Å²) in [5, 5.41) is 48.7. The molecule has 0 bridgehead atoms. The summed E-state index contributed by atoms with van der Waals surface area (Å²) in [5.74, 6) is -5.76. The highest BCUT2D eigenvalue weighted by Gasteiger charge is 2.16. The predicted molar refractivity (Wildman–Crippen MR) is 137 cm³/mol. The SMILES string of the molecule is CC(N)C(=O)O.CC(O)C(N)C(=O)O.NC(=O)CCC(N)C(=O)O.NC(Cc1c[nH]cn1)C(=O)O.NCC(=O)O. The minimum absolute atomic E-state index is 0.0213. The second-order valence-electron chi connectivity index (χ2n) is 7.49. The van der Waals surface area contributed by atoms with Crippen molar-refractivity contribution in [1.82, 2.24) is 9.97 Å². The molecule has 0 radical (unpaired) electrons. The highest BCUT2D eigenvalue weighted by atomic mass is 16.4. The molecule has 5 unspecified atom stereocenters. The Morgan fingerprint density at radius 2 is 1.27 bits per heavy atom. The van der Waals surface area contributed by atoms with Gasteiger partial charge < -0.3 is 70.0 Å². The van der Waals surface area contributed by atoms with E-state index in [9.17, 15) is 28.8 Å². The van der Waals surface area contributed by atoms with E-state index in [1.54, 1.807) is 6.20 Å². The number of carbonyl (C=O) groups excluding carboxylic acids is 1. The molecule has 1 rings (SSSR count). The lowest BCUT2D eigenvalue weighted by atomic mass is 10.2. The average Bonchev–Trinajstić information content (AvgIpc) is 3.36. The van der Waals surface area contributed by atoms with E-state index in [1.807, 2.05) is 0 Å². The van der Waals surface area contributed by atoms with Gasteiger partial charge in [0.2, 0.25) is 5.91 Å². The maximum Gasteiger partial charge on any atom is 0.323 e. The third-order valence-electron chi connectivity index (χ3n) is 3.69. The first-order valence-corrected chi connectivity index (χ1v) is 11.0. The minimum Gasteiger partial charge on any atom is -0.480 e. The number of nitrogens with zero attached hydrogens (tertiary/aromatic N) is 1. The lowest BCUT2D eigenvalue weighted by Gasteiger charge is -2.06. The van der Waals surface area contributed by atoms with Crippen molar-refractivity contribution in [2.45, 2.75) is 63.4 Å². The van der Waals surface area contributed by atoms with Crippen LogP contribution in [0.5, 0.6) is 0 Å². The van der Waals surface area contributed by atoms with Crippen LogP contribution < -0.4 is 34.4 Å². The van der Waals surface area contributed by atoms with Crippen LogP contribution in [0.4, 0.5) is 0 Å². The molecule has 1 amide bonds. The van der Waals surface area contributed by atoms with E-state index >= 15 is 0 Å². The van der Waals surface area contributed by atoms with E-state index in [1.165, 1.54) is 20.2 Å². The van der Waals surface area contributed by atoms with Crippen LogP contribution >= 0.6 is 0 Å². The summed E-state index contributed by atoms with van der Waals surface area (Å²) in [4.78, 5) is 65.6. The number of nitrogens with two attached hydrogens (primary N) is 6. The molecule has 1 heterocycles. The summed E-state index contributed by atoms with van der Waals surface area (Å²) in [6.45, 7) is 2.47. The number of hydrogen-bond acceptors (Lipinski definition) is 13. The Kier molecular flexibility index (Phi) is 26.9. The molecule has 0 aliphatic heterocycles. The molecular weight excluding hydrogens is 544 g/mol. The molecule has 19 N–H and O–H groups in total. The minimum atomic E-state index is -1.18. The van der Waals surface area contributed by atoms with Gasteiger partial charge in [-0.2, -0.15) is 0 Å². The van der Waals surface area contributed by atoms with Gasteiger partial charge in [-0.1, -0.05) is 0 Å². The molecule has 0 aliphatic carbocycles. The fourth-order valence-electron chi connectivity index (χ4n) is 1.34. The molecule has 0 saturated heterocycles. The zero-order valence-corrected chi connectivity index (χ0v) is 21.9. The van der Waals surface area contributed by atoms with Crippen LogP contribution in [0.25, 0.3) is 0 Å². The molecule has 232 valence electrons. The average molecular weight is 585 g/mol. The van der Waals surface area contributed by atoms with Crippen LogP contribution in [0.1, 0.15) is 32.4 Å². The van der Waals surface area contributed by atoms with Crippen molar-refractivity contribution >= 4 is 35.8 Å². The van der Waals surface area contributed by atoms with Gasteiger partial charge in [0.15, 0.2) is 0 Å². The van der Waals surface area contributed by atoms with Crippen LogP contribution in [-0.2, 0) is 35.2 Å². The van der Waals surface area contributed by atoms with E-state index in [2.05, 4.69) is 15.7 Å². The van der Waals surface area contributed by atoms with E-state index in [-0.39, 0.29) is 25.8 Å². The number of H-pyrrole nitrogens is 1. The number of carboxylic acids is 5. The summed E-state index contributed by atoms with van der Waals surface area (Å²) >= 11 is 0. The van der Waals surface area contributed by atoms with E-state index in [0.717, 1.165) is 0 Å². The smallest absolute Gasteiger partial charge is 0.323 e. The predicted octanol–water partition coefficient (Wildman–Crippen LogP) is -4.75. The van der Waals surface area contributed by atoms with Crippen molar-refractivity contribution in [3.05, 3.63) is 18.2 Å². The zero-order valence-electron chi connectivity index (χ0n) is 21.9. The Bertz CT molecular complexity index is 881. The number of amides is 1. The Balaban J connectivity index is -0.000000209. The summed E-state index contributed by atoms with van der Waals surface area (Å²) < 4.78 is 0. The lowest BCUT2D eigenvalue weighted by molar-refractivity contribution is -0.141. The van der Waals surface area contributed by atoms with Gasteiger partial charge in [-0.3, -0.25) is 28.8 Å². The standard InChI is InChI=1S/C6H9N3O2.C5H10N2O3.C4H9NO3.C3H7NO2.C2H5NO2/c7-5(6(10)11)1-4-2-8-3-9-4;6-3(5(9)10)1-2-4(7)8;1-2(6)3(5)4(7)8;1-2(4)3(5)6;3-1-2(4)5/h2-3,5H,1,7H2,(H,8,9)(H,10,11);3H,1-2,6H2,(H2,7,8)(H,9,10);2-3,6H,5H2,1H3,(H,7,8);2H,4H2,1H3,(H,5,6);1,3H2,(H,4,5). The lowest BCUT2D eigenvalue weighted by Crippen LogP contribution is -2.39. The van der Waals surface area contributed by atoms with Crippen LogP contribution in [0.3, 0.4) is 0 Å². The maximum absolute atomic E-state index is 10.3. The van der Waals surface area contributed by atoms with Crippen molar-refractivity contribution in [3.8, 4) is 0 Å². The number of carboxylic acid groups (broad SMARTS) is 5. The molecule has 0 aromatic carbocycles. The third kappa shape index (κ3) is 31.8. The molecule has 0 aliphatic rings. The molecule has 20 nitrogen and oxygen atoms in total. The molecule has 1 aromatic rings. The number of rotatable bonds is 11. The highest BCUT2D eigenvalue weighted by molar-refractivity contribution is 5.77. The topological polar surface area (TPSA) is 409 Å². The van der Waals surface area contributed by atoms with Crippen LogP contribution in [0.2, 0.25) is 0 Å². The Labute approximate surface area is 228 Å². The number of nitrogens with one attached hydrogen (secondary N) is 1. The van der Waals surface area contributed by atoms with E-state index in [4.69, 9.17) is 59.3 Å². The molecule has 40 heavy (non-hydrogen) atoms. The second kappa shape index (κ2) is 25.1. The van der Waals surface area contributed by atoms with Crippen molar-refractivity contribution in [3.63, 3.8) is 0 Å². The summed E-state index contributed by atoms with van der Waals surface area (Å²) in [7, 11) is 0. The monoisotopic (exact) mass is 584 g/mol. The van der Waals surface area contributed by atoms with Gasteiger partial charge in [-0.05, 0) is 20.3 Å². The normalized spacial score (nSPS) is 13.1. The molecule has 0 spiro atoms. The quantitative estimate of drug-likeness (QED) is 0.116. The van der Waals surface area contributed by atoms with Crippen molar-refractivity contribution in [2.75, 3.05) is 6.54 Å². The Hall–Kier alpha value is -4.21. The second-order valence-corrected chi connectivity index (χ2v) is 7.49. The first kappa shape index (κ1) is 42.9. The molecule has 1 aromatic heterocycles. The molecule has 5 atom stereocenters. The van der Waals surface area contributed by atoms with Gasteiger partial charge in [0.1, 0.15) is 24.2 Å². The number of aliphatic hydroxyl groups is 1.